The standard InChI is InChI=1S/C21H21ClN2O3/c1-14-20(15(2)27-23-14)13-26-19-9-7-17(8-10-19)21(25)24(3)12-16-5-4-6-18(22)11-16/h4-11H,12-13H2,1-3H3. The number of ether oxygens (including phenoxy) is 1. The highest BCUT2D eigenvalue weighted by molar-refractivity contribution is 6.30. The predicted octanol–water partition coefficient (Wildman–Crippen LogP) is 4.80. The van der Waals surface area contributed by atoms with E-state index < -0.39 is 0 Å². The van der Waals surface area contributed by atoms with Crippen molar-refractivity contribution in [1.82, 2.24) is 10.1 Å². The third kappa shape index (κ3) is 4.68. The Hall–Kier alpha value is -2.79. The molecule has 1 amide bonds. The number of aromatic nitrogens is 1. The molecule has 1 heterocycles. The van der Waals surface area contributed by atoms with E-state index in [-0.39, 0.29) is 5.91 Å². The fourth-order valence-electron chi connectivity index (χ4n) is 2.76. The molecule has 6 heteroatoms. The van der Waals surface area contributed by atoms with Crippen molar-refractivity contribution in [2.45, 2.75) is 27.0 Å². The van der Waals surface area contributed by atoms with Crippen molar-refractivity contribution in [2.24, 2.45) is 0 Å². The Morgan fingerprint density at radius 1 is 1.19 bits per heavy atom. The molecule has 0 atom stereocenters. The fourth-order valence-corrected chi connectivity index (χ4v) is 2.97. The maximum atomic E-state index is 12.6. The normalized spacial score (nSPS) is 10.7. The summed E-state index contributed by atoms with van der Waals surface area (Å²) in [6, 6.07) is 14.6. The summed E-state index contributed by atoms with van der Waals surface area (Å²) in [6.07, 6.45) is 0. The molecule has 27 heavy (non-hydrogen) atoms. The molecule has 1 aromatic heterocycles. The third-order valence-corrected chi connectivity index (χ3v) is 4.56. The van der Waals surface area contributed by atoms with Gasteiger partial charge in [0.25, 0.3) is 5.91 Å². The molecule has 0 aliphatic rings. The zero-order valence-electron chi connectivity index (χ0n) is 15.5. The molecule has 0 radical (unpaired) electrons. The van der Waals surface area contributed by atoms with Crippen molar-refractivity contribution >= 4 is 17.5 Å². The summed E-state index contributed by atoms with van der Waals surface area (Å²) in [5.74, 6) is 1.37. The summed E-state index contributed by atoms with van der Waals surface area (Å²) in [6.45, 7) is 4.61. The van der Waals surface area contributed by atoms with Crippen molar-refractivity contribution in [1.29, 1.82) is 0 Å². The number of halogens is 1. The lowest BCUT2D eigenvalue weighted by molar-refractivity contribution is 0.0785. The van der Waals surface area contributed by atoms with E-state index >= 15 is 0 Å². The Morgan fingerprint density at radius 2 is 1.93 bits per heavy atom. The van der Waals surface area contributed by atoms with Crippen LogP contribution in [-0.2, 0) is 13.2 Å². The maximum Gasteiger partial charge on any atom is 0.253 e. The number of carbonyl (C=O) groups is 1. The molecule has 0 bridgehead atoms. The van der Waals surface area contributed by atoms with Crippen molar-refractivity contribution < 1.29 is 14.1 Å². The van der Waals surface area contributed by atoms with Crippen LogP contribution in [0.15, 0.2) is 53.1 Å². The molecule has 5 nitrogen and oxygen atoms in total. The monoisotopic (exact) mass is 384 g/mol. The van der Waals surface area contributed by atoms with Gasteiger partial charge in [-0.25, -0.2) is 0 Å². The molecule has 2 aromatic carbocycles. The molecule has 0 unspecified atom stereocenters. The average molecular weight is 385 g/mol. The molecule has 0 fully saturated rings. The quantitative estimate of drug-likeness (QED) is 0.612. The molecule has 140 valence electrons. The number of benzene rings is 2. The van der Waals surface area contributed by atoms with E-state index in [2.05, 4.69) is 5.16 Å². The van der Waals surface area contributed by atoms with Crippen LogP contribution >= 0.6 is 11.6 Å². The van der Waals surface area contributed by atoms with Gasteiger partial charge in [0.15, 0.2) is 0 Å². The van der Waals surface area contributed by atoms with Crippen LogP contribution in [0.5, 0.6) is 5.75 Å². The van der Waals surface area contributed by atoms with Crippen LogP contribution in [0.4, 0.5) is 0 Å². The molecule has 3 aromatic rings. The number of hydrogen-bond donors (Lipinski definition) is 0. The smallest absolute Gasteiger partial charge is 0.253 e. The highest BCUT2D eigenvalue weighted by atomic mass is 35.5. The minimum absolute atomic E-state index is 0.0627. The van der Waals surface area contributed by atoms with E-state index in [9.17, 15) is 4.79 Å². The fraction of sp³-hybridized carbons (Fsp3) is 0.238. The Balaban J connectivity index is 1.61. The first kappa shape index (κ1) is 19.0. The van der Waals surface area contributed by atoms with Gasteiger partial charge in [0, 0.05) is 24.2 Å². The van der Waals surface area contributed by atoms with Crippen molar-refractivity contribution in [3.05, 3.63) is 81.7 Å². The summed E-state index contributed by atoms with van der Waals surface area (Å²) >= 11 is 6.00. The largest absolute Gasteiger partial charge is 0.489 e. The molecular formula is C21H21ClN2O3. The van der Waals surface area contributed by atoms with Gasteiger partial charge in [-0.15, -0.1) is 0 Å². The van der Waals surface area contributed by atoms with Gasteiger partial charge in [-0.3, -0.25) is 4.79 Å². The zero-order chi connectivity index (χ0) is 19.4. The summed E-state index contributed by atoms with van der Waals surface area (Å²) in [4.78, 5) is 14.3. The first-order chi connectivity index (χ1) is 12.9. The molecule has 0 saturated heterocycles. The minimum atomic E-state index is -0.0627. The number of nitrogens with zero attached hydrogens (tertiary/aromatic N) is 2. The molecule has 0 N–H and O–H groups in total. The minimum Gasteiger partial charge on any atom is -0.489 e. The highest BCUT2D eigenvalue weighted by Crippen LogP contribution is 2.19. The Kier molecular flexibility index (Phi) is 5.81. The van der Waals surface area contributed by atoms with E-state index in [4.69, 9.17) is 20.9 Å². The van der Waals surface area contributed by atoms with Gasteiger partial charge < -0.3 is 14.2 Å². The van der Waals surface area contributed by atoms with Gasteiger partial charge in [-0.05, 0) is 55.8 Å². The first-order valence-corrected chi connectivity index (χ1v) is 8.96. The molecule has 3 rings (SSSR count). The number of carbonyl (C=O) groups excluding carboxylic acids is 1. The number of aryl methyl sites for hydroxylation is 2. The second-order valence-corrected chi connectivity index (χ2v) is 6.84. The molecule has 0 aliphatic carbocycles. The summed E-state index contributed by atoms with van der Waals surface area (Å²) in [5.41, 5.74) is 3.35. The molecule has 0 aliphatic heterocycles. The lowest BCUT2D eigenvalue weighted by Crippen LogP contribution is -2.26. The van der Waals surface area contributed by atoms with Gasteiger partial charge in [-0.2, -0.15) is 0 Å². The maximum absolute atomic E-state index is 12.6. The third-order valence-electron chi connectivity index (χ3n) is 4.32. The van der Waals surface area contributed by atoms with Crippen LogP contribution in [0.3, 0.4) is 0 Å². The number of amides is 1. The lowest BCUT2D eigenvalue weighted by Gasteiger charge is -2.17. The number of rotatable bonds is 6. The van der Waals surface area contributed by atoms with Gasteiger partial charge in [-0.1, -0.05) is 28.9 Å². The van der Waals surface area contributed by atoms with Gasteiger partial charge in [0.2, 0.25) is 0 Å². The van der Waals surface area contributed by atoms with Crippen molar-refractivity contribution in [3.8, 4) is 5.75 Å². The van der Waals surface area contributed by atoms with Crippen LogP contribution in [-0.4, -0.2) is 23.0 Å². The van der Waals surface area contributed by atoms with Crippen LogP contribution in [0.1, 0.15) is 32.9 Å². The van der Waals surface area contributed by atoms with Gasteiger partial charge in [0.1, 0.15) is 18.1 Å². The van der Waals surface area contributed by atoms with E-state index in [1.54, 1.807) is 36.2 Å². The molecular weight excluding hydrogens is 364 g/mol. The zero-order valence-corrected chi connectivity index (χ0v) is 16.3. The highest BCUT2D eigenvalue weighted by Gasteiger charge is 2.13. The van der Waals surface area contributed by atoms with Crippen LogP contribution in [0.25, 0.3) is 0 Å². The van der Waals surface area contributed by atoms with E-state index in [1.807, 2.05) is 38.1 Å². The number of hydrogen-bond acceptors (Lipinski definition) is 4. The molecule has 0 saturated carbocycles. The summed E-state index contributed by atoms with van der Waals surface area (Å²) in [5, 5.41) is 4.57. The van der Waals surface area contributed by atoms with Gasteiger partial charge >= 0.3 is 0 Å². The van der Waals surface area contributed by atoms with Crippen molar-refractivity contribution in [3.63, 3.8) is 0 Å². The van der Waals surface area contributed by atoms with E-state index in [0.717, 1.165) is 22.6 Å². The topological polar surface area (TPSA) is 55.6 Å². The Bertz CT molecular complexity index is 915. The second kappa shape index (κ2) is 8.27. The summed E-state index contributed by atoms with van der Waals surface area (Å²) in [7, 11) is 1.77. The first-order valence-electron chi connectivity index (χ1n) is 8.58. The van der Waals surface area contributed by atoms with E-state index in [1.165, 1.54) is 0 Å². The Labute approximate surface area is 163 Å². The van der Waals surface area contributed by atoms with Crippen molar-refractivity contribution in [2.75, 3.05) is 7.05 Å². The second-order valence-electron chi connectivity index (χ2n) is 6.41. The van der Waals surface area contributed by atoms with Crippen LogP contribution in [0, 0.1) is 13.8 Å². The summed E-state index contributed by atoms with van der Waals surface area (Å²) < 4.78 is 10.9. The Morgan fingerprint density at radius 3 is 2.56 bits per heavy atom. The average Bonchev–Trinajstić information content (AvgIpc) is 2.97. The van der Waals surface area contributed by atoms with Gasteiger partial charge in [0.05, 0.1) is 11.3 Å². The van der Waals surface area contributed by atoms with Crippen LogP contribution < -0.4 is 4.74 Å². The predicted molar refractivity (Wildman–Crippen MR) is 104 cm³/mol. The van der Waals surface area contributed by atoms with E-state index in [0.29, 0.717) is 29.5 Å². The lowest BCUT2D eigenvalue weighted by atomic mass is 10.1. The molecule has 0 spiro atoms. The van der Waals surface area contributed by atoms with Crippen LogP contribution in [0.2, 0.25) is 5.02 Å². The SMILES string of the molecule is Cc1noc(C)c1COc1ccc(C(=O)N(C)Cc2cccc(Cl)c2)cc1.